The number of carbonyl (C=O) groups excluding carboxylic acids is 1. The van der Waals surface area contributed by atoms with E-state index in [1.165, 1.54) is 15.6 Å². The van der Waals surface area contributed by atoms with Crippen molar-refractivity contribution in [1.29, 1.82) is 0 Å². The van der Waals surface area contributed by atoms with Gasteiger partial charge in [-0.2, -0.15) is 4.37 Å². The summed E-state index contributed by atoms with van der Waals surface area (Å²) in [5.41, 5.74) is 2.54. The highest BCUT2D eigenvalue weighted by Gasteiger charge is 2.20. The van der Waals surface area contributed by atoms with E-state index in [4.69, 9.17) is 9.11 Å². The minimum Gasteiger partial charge on any atom is -0.496 e. The van der Waals surface area contributed by atoms with Gasteiger partial charge in [0.15, 0.2) is 0 Å². The largest absolute Gasteiger partial charge is 0.496 e. The maximum absolute atomic E-state index is 12.7. The second-order valence-electron chi connectivity index (χ2n) is 8.44. The highest BCUT2D eigenvalue weighted by atomic mass is 32.1. The van der Waals surface area contributed by atoms with E-state index in [9.17, 15) is 4.79 Å². The third kappa shape index (κ3) is 4.90. The average Bonchev–Trinajstić information content (AvgIpc) is 3.32. The first-order valence-electron chi connectivity index (χ1n) is 11.6. The van der Waals surface area contributed by atoms with Crippen LogP contribution < -0.4 is 15.0 Å². The zero-order valence-electron chi connectivity index (χ0n) is 19.2. The summed E-state index contributed by atoms with van der Waals surface area (Å²) in [6.07, 6.45) is 0.942. The summed E-state index contributed by atoms with van der Waals surface area (Å²) >= 11 is 1.58. The lowest BCUT2D eigenvalue weighted by atomic mass is 10.1. The van der Waals surface area contributed by atoms with Crippen LogP contribution in [0.3, 0.4) is 0 Å². The molecule has 34 heavy (non-hydrogen) atoms. The van der Waals surface area contributed by atoms with Gasteiger partial charge in [0.2, 0.25) is 0 Å². The van der Waals surface area contributed by atoms with Gasteiger partial charge in [0.25, 0.3) is 5.91 Å². The van der Waals surface area contributed by atoms with E-state index < -0.39 is 0 Å². The van der Waals surface area contributed by atoms with Crippen molar-refractivity contribution in [3.8, 4) is 5.75 Å². The van der Waals surface area contributed by atoms with Crippen molar-refractivity contribution >= 4 is 39.0 Å². The average molecular weight is 473 g/mol. The Morgan fingerprint density at radius 3 is 2.65 bits per heavy atom. The maximum atomic E-state index is 12.7. The Bertz CT molecular complexity index is 1280. The lowest BCUT2D eigenvalue weighted by Gasteiger charge is -2.35. The number of anilines is 2. The van der Waals surface area contributed by atoms with Crippen molar-refractivity contribution in [3.05, 3.63) is 83.9 Å². The zero-order valence-corrected chi connectivity index (χ0v) is 20.1. The van der Waals surface area contributed by atoms with Gasteiger partial charge in [-0.05, 0) is 59.9 Å². The summed E-state index contributed by atoms with van der Waals surface area (Å²) in [4.78, 5) is 17.6. The van der Waals surface area contributed by atoms with E-state index in [0.717, 1.165) is 50.6 Å². The van der Waals surface area contributed by atoms with Crippen molar-refractivity contribution in [2.24, 2.45) is 0 Å². The number of nitrogens with one attached hydrogen (secondary N) is 1. The molecule has 1 aliphatic heterocycles. The number of benzene rings is 3. The van der Waals surface area contributed by atoms with Crippen LogP contribution in [0.4, 0.5) is 11.5 Å². The summed E-state index contributed by atoms with van der Waals surface area (Å²) in [6, 6.07) is 23.8. The van der Waals surface area contributed by atoms with Gasteiger partial charge < -0.3 is 15.0 Å². The zero-order chi connectivity index (χ0) is 23.3. The smallest absolute Gasteiger partial charge is 0.259 e. The second-order valence-corrected chi connectivity index (χ2v) is 9.24. The molecular weight excluding hydrogens is 444 g/mol. The number of nitrogens with zero attached hydrogens (tertiary/aromatic N) is 3. The molecule has 6 nitrogen and oxygen atoms in total. The van der Waals surface area contributed by atoms with Crippen LogP contribution in [-0.2, 0) is 6.42 Å². The van der Waals surface area contributed by atoms with Crippen molar-refractivity contribution in [3.63, 3.8) is 0 Å². The molecule has 0 saturated carbocycles. The van der Waals surface area contributed by atoms with Gasteiger partial charge in [0.05, 0.1) is 17.4 Å². The lowest BCUT2D eigenvalue weighted by molar-refractivity contribution is 0.102. The quantitative estimate of drug-likeness (QED) is 0.414. The van der Waals surface area contributed by atoms with Crippen molar-refractivity contribution in [2.75, 3.05) is 50.1 Å². The molecule has 1 N–H and O–H groups in total. The van der Waals surface area contributed by atoms with Crippen molar-refractivity contribution in [2.45, 2.75) is 6.42 Å². The number of amides is 1. The minimum absolute atomic E-state index is 0.166. The lowest BCUT2D eigenvalue weighted by Crippen LogP contribution is -2.47. The number of hydrogen-bond donors (Lipinski definition) is 1. The fourth-order valence-electron chi connectivity index (χ4n) is 4.41. The molecule has 1 aromatic heterocycles. The molecule has 0 aliphatic carbocycles. The Kier molecular flexibility index (Phi) is 6.74. The van der Waals surface area contributed by atoms with E-state index >= 15 is 0 Å². The molecule has 1 saturated heterocycles. The fraction of sp³-hybridized carbons (Fsp3) is 0.259. The molecular formula is C27H28N4O2S. The highest BCUT2D eigenvalue weighted by Crippen LogP contribution is 2.30. The molecule has 0 bridgehead atoms. The van der Waals surface area contributed by atoms with Gasteiger partial charge in [-0.1, -0.05) is 36.4 Å². The molecule has 0 radical (unpaired) electrons. The number of hydrogen-bond acceptors (Lipinski definition) is 6. The van der Waals surface area contributed by atoms with Gasteiger partial charge in [-0.15, -0.1) is 0 Å². The minimum atomic E-state index is -0.166. The van der Waals surface area contributed by atoms with E-state index in [1.54, 1.807) is 30.8 Å². The number of fused-ring (bicyclic) bond motifs is 1. The van der Waals surface area contributed by atoms with Crippen molar-refractivity contribution < 1.29 is 9.53 Å². The first-order chi connectivity index (χ1) is 16.7. The van der Waals surface area contributed by atoms with Gasteiger partial charge >= 0.3 is 0 Å². The first kappa shape index (κ1) is 22.4. The normalized spacial score (nSPS) is 14.3. The van der Waals surface area contributed by atoms with E-state index in [-0.39, 0.29) is 5.91 Å². The van der Waals surface area contributed by atoms with Crippen LogP contribution in [0.1, 0.15) is 15.9 Å². The van der Waals surface area contributed by atoms with Gasteiger partial charge in [-0.3, -0.25) is 9.69 Å². The van der Waals surface area contributed by atoms with Crippen LogP contribution in [0.5, 0.6) is 5.75 Å². The summed E-state index contributed by atoms with van der Waals surface area (Å²) in [5.74, 6) is 1.53. The number of para-hydroxylation sites is 1. The molecule has 5 rings (SSSR count). The molecule has 1 aliphatic rings. The Morgan fingerprint density at radius 1 is 1.00 bits per heavy atom. The third-order valence-electron chi connectivity index (χ3n) is 6.28. The Labute approximate surface area is 203 Å². The van der Waals surface area contributed by atoms with Crippen LogP contribution in [0.15, 0.2) is 72.8 Å². The van der Waals surface area contributed by atoms with E-state index in [0.29, 0.717) is 11.3 Å². The third-order valence-corrected chi connectivity index (χ3v) is 7.10. The number of aromatic nitrogens is 1. The topological polar surface area (TPSA) is 57.7 Å². The number of ether oxygens (including phenoxy) is 1. The monoisotopic (exact) mass is 472 g/mol. The summed E-state index contributed by atoms with van der Waals surface area (Å²) in [7, 11) is 1.58. The van der Waals surface area contributed by atoms with Gasteiger partial charge in [-0.25, -0.2) is 0 Å². The summed E-state index contributed by atoms with van der Waals surface area (Å²) in [5, 5.41) is 4.26. The molecule has 2 heterocycles. The Morgan fingerprint density at radius 2 is 1.79 bits per heavy atom. The molecule has 0 unspecified atom stereocenters. The van der Waals surface area contributed by atoms with E-state index in [1.807, 2.05) is 24.3 Å². The standard InChI is InChI=1S/C27H28N4O2S/c1-33-24-11-4-2-9-22(24)27(32)28-21-8-6-7-20(19-21)13-14-30-15-17-31(18-16-30)26-23-10-3-5-12-25(23)34-29-26/h2-12,19H,13-18H2,1H3,(H,28,32). The number of carbonyl (C=O) groups is 1. The van der Waals surface area contributed by atoms with Crippen LogP contribution in [0.2, 0.25) is 0 Å². The molecule has 0 spiro atoms. The molecule has 174 valence electrons. The number of methoxy groups -OCH3 is 1. The number of piperazine rings is 1. The SMILES string of the molecule is COc1ccccc1C(=O)Nc1cccc(CCN2CCN(c3nsc4ccccc34)CC2)c1. The molecule has 1 amide bonds. The molecule has 7 heteroatoms. The van der Waals surface area contributed by atoms with Crippen LogP contribution >= 0.6 is 11.5 Å². The predicted molar refractivity (Wildman–Crippen MR) is 139 cm³/mol. The Balaban J connectivity index is 1.15. The molecule has 0 atom stereocenters. The first-order valence-corrected chi connectivity index (χ1v) is 12.3. The van der Waals surface area contributed by atoms with Crippen LogP contribution in [0.25, 0.3) is 10.1 Å². The summed E-state index contributed by atoms with van der Waals surface area (Å²) < 4.78 is 11.3. The van der Waals surface area contributed by atoms with Crippen molar-refractivity contribution in [1.82, 2.24) is 9.27 Å². The summed E-state index contributed by atoms with van der Waals surface area (Å²) in [6.45, 7) is 5.02. The van der Waals surface area contributed by atoms with Gasteiger partial charge in [0, 0.05) is 43.8 Å². The molecule has 3 aromatic carbocycles. The van der Waals surface area contributed by atoms with Crippen LogP contribution in [0, 0.1) is 0 Å². The highest BCUT2D eigenvalue weighted by molar-refractivity contribution is 7.13. The van der Waals surface area contributed by atoms with Crippen LogP contribution in [-0.4, -0.2) is 55.0 Å². The maximum Gasteiger partial charge on any atom is 0.259 e. The number of rotatable bonds is 7. The van der Waals surface area contributed by atoms with E-state index in [2.05, 4.69) is 51.5 Å². The van der Waals surface area contributed by atoms with Gasteiger partial charge in [0.1, 0.15) is 11.6 Å². The fourth-order valence-corrected chi connectivity index (χ4v) is 5.20. The Hall–Kier alpha value is -3.42. The second kappa shape index (κ2) is 10.2. The molecule has 1 fully saturated rings. The predicted octanol–water partition coefficient (Wildman–Crippen LogP) is 4.92. The molecule has 4 aromatic rings.